The smallest absolute Gasteiger partial charge is 0.137 e. The first-order valence-corrected chi connectivity index (χ1v) is 17.1. The van der Waals surface area contributed by atoms with Crippen LogP contribution in [0.5, 0.6) is 0 Å². The summed E-state index contributed by atoms with van der Waals surface area (Å²) in [5.74, 6) is 0. The Bertz CT molecular complexity index is 2850. The maximum atomic E-state index is 6.35. The van der Waals surface area contributed by atoms with Gasteiger partial charge in [0.2, 0.25) is 0 Å². The minimum atomic E-state index is 0.876. The lowest BCUT2D eigenvalue weighted by Gasteiger charge is -2.26. The van der Waals surface area contributed by atoms with Crippen LogP contribution in [0, 0.1) is 0 Å². The second kappa shape index (κ2) is 11.5. The van der Waals surface area contributed by atoms with Crippen LogP contribution in [0.25, 0.3) is 76.5 Å². The Morgan fingerprint density at radius 3 is 1.66 bits per heavy atom. The number of furan rings is 1. The summed E-state index contributed by atoms with van der Waals surface area (Å²) < 4.78 is 6.35. The summed E-state index contributed by atoms with van der Waals surface area (Å²) in [4.78, 5) is 2.32. The predicted octanol–water partition coefficient (Wildman–Crippen LogP) is 13.8. The van der Waals surface area contributed by atoms with Gasteiger partial charge in [-0.05, 0) is 103 Å². The van der Waals surface area contributed by atoms with E-state index in [0.717, 1.165) is 39.0 Å². The Hall–Kier alpha value is -6.64. The van der Waals surface area contributed by atoms with Crippen LogP contribution in [-0.4, -0.2) is 0 Å². The minimum Gasteiger partial charge on any atom is -0.456 e. The first-order chi connectivity index (χ1) is 24.8. The van der Waals surface area contributed by atoms with Crippen molar-refractivity contribution in [3.63, 3.8) is 0 Å². The molecule has 0 aliphatic heterocycles. The number of benzene rings is 9. The quantitative estimate of drug-likeness (QED) is 0.175. The third kappa shape index (κ3) is 4.65. The largest absolute Gasteiger partial charge is 0.456 e. The third-order valence-corrected chi connectivity index (χ3v) is 10.0. The maximum absolute atomic E-state index is 6.35. The molecule has 0 fully saturated rings. The molecule has 9 aromatic carbocycles. The van der Waals surface area contributed by atoms with Crippen LogP contribution in [0.15, 0.2) is 192 Å². The van der Waals surface area contributed by atoms with Crippen LogP contribution >= 0.6 is 0 Å². The highest BCUT2D eigenvalue weighted by atomic mass is 16.3. The van der Waals surface area contributed by atoms with Crippen molar-refractivity contribution in [1.29, 1.82) is 0 Å². The van der Waals surface area contributed by atoms with Crippen molar-refractivity contribution < 1.29 is 4.42 Å². The standard InChI is InChI=1S/C48H31NO/c1-2-10-32(11-3-1)33-20-24-37(25-21-33)49(39-28-29-43-42-15-8-9-17-46(42)50-47(43)31-39)38-26-22-35(23-27-38)45-30-36-19-18-34-12-4-5-13-40(34)48(36)44-16-7-6-14-41(44)45/h1-31H. The van der Waals surface area contributed by atoms with E-state index in [1.807, 2.05) is 12.1 Å². The normalized spacial score (nSPS) is 11.6. The molecule has 0 atom stereocenters. The van der Waals surface area contributed by atoms with Crippen LogP contribution in [0.3, 0.4) is 0 Å². The molecule has 2 heteroatoms. The van der Waals surface area contributed by atoms with E-state index < -0.39 is 0 Å². The van der Waals surface area contributed by atoms with Crippen LogP contribution in [-0.2, 0) is 0 Å². The third-order valence-electron chi connectivity index (χ3n) is 10.0. The van der Waals surface area contributed by atoms with Gasteiger partial charge in [0.1, 0.15) is 11.2 Å². The topological polar surface area (TPSA) is 16.4 Å². The van der Waals surface area contributed by atoms with Gasteiger partial charge in [-0.1, -0.05) is 133 Å². The second-order valence-electron chi connectivity index (χ2n) is 12.9. The molecule has 234 valence electrons. The number of fused-ring (bicyclic) bond motifs is 8. The molecular weight excluding hydrogens is 607 g/mol. The Morgan fingerprint density at radius 1 is 0.320 bits per heavy atom. The Morgan fingerprint density at radius 2 is 0.880 bits per heavy atom. The molecule has 0 saturated heterocycles. The van der Waals surface area contributed by atoms with E-state index in [4.69, 9.17) is 4.42 Å². The van der Waals surface area contributed by atoms with Crippen molar-refractivity contribution in [2.75, 3.05) is 4.90 Å². The van der Waals surface area contributed by atoms with Gasteiger partial charge in [-0.15, -0.1) is 0 Å². The molecule has 10 aromatic rings. The highest BCUT2D eigenvalue weighted by molar-refractivity contribution is 6.23. The van der Waals surface area contributed by atoms with Gasteiger partial charge < -0.3 is 9.32 Å². The van der Waals surface area contributed by atoms with E-state index in [1.54, 1.807) is 0 Å². The number of para-hydroxylation sites is 1. The zero-order chi connectivity index (χ0) is 33.0. The van der Waals surface area contributed by atoms with Crippen molar-refractivity contribution in [2.45, 2.75) is 0 Å². The monoisotopic (exact) mass is 637 g/mol. The van der Waals surface area contributed by atoms with Gasteiger partial charge >= 0.3 is 0 Å². The van der Waals surface area contributed by atoms with Crippen molar-refractivity contribution in [3.05, 3.63) is 188 Å². The summed E-state index contributed by atoms with van der Waals surface area (Å²) in [7, 11) is 0. The fourth-order valence-corrected chi connectivity index (χ4v) is 7.64. The molecule has 50 heavy (non-hydrogen) atoms. The highest BCUT2D eigenvalue weighted by Crippen LogP contribution is 2.42. The molecule has 0 aliphatic rings. The molecule has 0 bridgehead atoms. The zero-order valence-corrected chi connectivity index (χ0v) is 27.3. The summed E-state index contributed by atoms with van der Waals surface area (Å²) >= 11 is 0. The number of hydrogen-bond acceptors (Lipinski definition) is 2. The lowest BCUT2D eigenvalue weighted by atomic mass is 9.91. The summed E-state index contributed by atoms with van der Waals surface area (Å²) in [5.41, 5.74) is 9.79. The van der Waals surface area contributed by atoms with Gasteiger partial charge in [0.05, 0.1) is 0 Å². The Labute approximate surface area is 290 Å². The van der Waals surface area contributed by atoms with Gasteiger partial charge in [-0.3, -0.25) is 0 Å². The van der Waals surface area contributed by atoms with Crippen molar-refractivity contribution in [1.82, 2.24) is 0 Å². The number of rotatable bonds is 5. The molecule has 0 spiro atoms. The first kappa shape index (κ1) is 28.4. The van der Waals surface area contributed by atoms with Crippen LogP contribution in [0.2, 0.25) is 0 Å². The van der Waals surface area contributed by atoms with Crippen molar-refractivity contribution in [3.8, 4) is 22.3 Å². The van der Waals surface area contributed by atoms with Crippen LogP contribution in [0.1, 0.15) is 0 Å². The molecular formula is C48H31NO. The van der Waals surface area contributed by atoms with E-state index in [-0.39, 0.29) is 0 Å². The van der Waals surface area contributed by atoms with Crippen molar-refractivity contribution in [2.24, 2.45) is 0 Å². The Kier molecular flexibility index (Phi) is 6.53. The molecule has 0 unspecified atom stereocenters. The van der Waals surface area contributed by atoms with Gasteiger partial charge in [0.15, 0.2) is 0 Å². The van der Waals surface area contributed by atoms with E-state index in [2.05, 4.69) is 181 Å². The van der Waals surface area contributed by atoms with Gasteiger partial charge in [0.25, 0.3) is 0 Å². The van der Waals surface area contributed by atoms with Gasteiger partial charge in [0, 0.05) is 33.9 Å². The Balaban J connectivity index is 1.11. The maximum Gasteiger partial charge on any atom is 0.137 e. The van der Waals surface area contributed by atoms with Gasteiger partial charge in [-0.2, -0.15) is 0 Å². The summed E-state index contributed by atoms with van der Waals surface area (Å²) in [5, 5.41) is 9.90. The molecule has 0 amide bonds. The second-order valence-corrected chi connectivity index (χ2v) is 12.9. The lowest BCUT2D eigenvalue weighted by Crippen LogP contribution is -2.09. The molecule has 1 aromatic heterocycles. The number of anilines is 3. The van der Waals surface area contributed by atoms with E-state index in [0.29, 0.717) is 0 Å². The average molecular weight is 638 g/mol. The van der Waals surface area contributed by atoms with E-state index in [9.17, 15) is 0 Å². The molecule has 10 rings (SSSR count). The van der Waals surface area contributed by atoms with Crippen molar-refractivity contribution >= 4 is 71.3 Å². The molecule has 0 N–H and O–H groups in total. The minimum absolute atomic E-state index is 0.876. The SMILES string of the molecule is c1ccc(-c2ccc(N(c3ccc(-c4cc5ccc6ccccc6c5c5ccccc45)cc3)c3ccc4c(c3)oc3ccccc34)cc2)cc1. The molecule has 0 saturated carbocycles. The zero-order valence-electron chi connectivity index (χ0n) is 27.3. The summed E-state index contributed by atoms with van der Waals surface area (Å²) in [6, 6.07) is 67.5. The first-order valence-electron chi connectivity index (χ1n) is 17.1. The fraction of sp³-hybridized carbons (Fsp3) is 0. The molecule has 2 nitrogen and oxygen atoms in total. The summed E-state index contributed by atoms with van der Waals surface area (Å²) in [6.45, 7) is 0. The molecule has 0 radical (unpaired) electrons. The lowest BCUT2D eigenvalue weighted by molar-refractivity contribution is 0.669. The average Bonchev–Trinajstić information content (AvgIpc) is 3.56. The summed E-state index contributed by atoms with van der Waals surface area (Å²) in [6.07, 6.45) is 0. The number of hydrogen-bond donors (Lipinski definition) is 0. The number of nitrogens with zero attached hydrogens (tertiary/aromatic N) is 1. The van der Waals surface area contributed by atoms with Crippen LogP contribution in [0.4, 0.5) is 17.1 Å². The van der Waals surface area contributed by atoms with Gasteiger partial charge in [-0.25, -0.2) is 0 Å². The molecule has 0 aliphatic carbocycles. The fourth-order valence-electron chi connectivity index (χ4n) is 7.64. The van der Waals surface area contributed by atoms with E-state index >= 15 is 0 Å². The highest BCUT2D eigenvalue weighted by Gasteiger charge is 2.17. The predicted molar refractivity (Wildman–Crippen MR) is 212 cm³/mol. The van der Waals surface area contributed by atoms with Crippen LogP contribution < -0.4 is 4.90 Å². The van der Waals surface area contributed by atoms with E-state index in [1.165, 1.54) is 54.6 Å². The molecule has 1 heterocycles.